The maximum Gasteiger partial charge on any atom is 0.391 e. The molecule has 1 amide bonds. The van der Waals surface area contributed by atoms with Crippen LogP contribution in [-0.4, -0.2) is 41.0 Å². The van der Waals surface area contributed by atoms with E-state index in [4.69, 9.17) is 0 Å². The standard InChI is InChI=1S/C16H23F3N4O/c1-23-9-10(6-21-23)13-7-20-8-14(13)15(24)22-12-4-2-11(3-5-12)16(17,18)19/h6,9,11-14,20H,2-5,7-8H2,1H3,(H,22,24)/t11?,12?,13-,14+/m1/s1. The monoisotopic (exact) mass is 344 g/mol. The number of rotatable bonds is 3. The summed E-state index contributed by atoms with van der Waals surface area (Å²) in [5.74, 6) is -1.42. The summed E-state index contributed by atoms with van der Waals surface area (Å²) in [7, 11) is 1.83. The first-order chi connectivity index (χ1) is 11.3. The Bertz CT molecular complexity index is 578. The molecule has 0 radical (unpaired) electrons. The second-order valence-electron chi connectivity index (χ2n) is 6.92. The van der Waals surface area contributed by atoms with Crippen LogP contribution in [-0.2, 0) is 11.8 Å². The first-order valence-corrected chi connectivity index (χ1v) is 8.41. The third-order valence-corrected chi connectivity index (χ3v) is 5.24. The first kappa shape index (κ1) is 17.3. The molecule has 1 aromatic rings. The Morgan fingerprint density at radius 1 is 1.29 bits per heavy atom. The van der Waals surface area contributed by atoms with Gasteiger partial charge in [-0.25, -0.2) is 0 Å². The molecule has 5 nitrogen and oxygen atoms in total. The molecule has 1 saturated heterocycles. The van der Waals surface area contributed by atoms with Gasteiger partial charge >= 0.3 is 6.18 Å². The fourth-order valence-corrected chi connectivity index (χ4v) is 3.81. The van der Waals surface area contributed by atoms with E-state index in [-0.39, 0.29) is 36.6 Å². The Morgan fingerprint density at radius 2 is 2.00 bits per heavy atom. The Hall–Kier alpha value is -1.57. The zero-order valence-electron chi connectivity index (χ0n) is 13.6. The van der Waals surface area contributed by atoms with Crippen LogP contribution in [0.1, 0.15) is 37.2 Å². The maximum absolute atomic E-state index is 12.7. The van der Waals surface area contributed by atoms with Crippen molar-refractivity contribution in [1.29, 1.82) is 0 Å². The van der Waals surface area contributed by atoms with Gasteiger partial charge in [-0.2, -0.15) is 18.3 Å². The van der Waals surface area contributed by atoms with E-state index >= 15 is 0 Å². The van der Waals surface area contributed by atoms with Crippen molar-refractivity contribution in [1.82, 2.24) is 20.4 Å². The topological polar surface area (TPSA) is 59.0 Å². The predicted octanol–water partition coefficient (Wildman–Crippen LogP) is 1.96. The molecule has 2 atom stereocenters. The molecule has 2 fully saturated rings. The Labute approximate surface area is 139 Å². The smallest absolute Gasteiger partial charge is 0.353 e. The number of hydrogen-bond acceptors (Lipinski definition) is 3. The SMILES string of the molecule is Cn1cc([C@H]2CNC[C@@H]2C(=O)NC2CCC(C(F)(F)F)CC2)cn1. The number of aryl methyl sites for hydroxylation is 1. The molecular formula is C16H23F3N4O. The summed E-state index contributed by atoms with van der Waals surface area (Å²) in [4.78, 5) is 12.6. The number of aromatic nitrogens is 2. The molecule has 0 aromatic carbocycles. The van der Waals surface area contributed by atoms with Crippen LogP contribution in [0.2, 0.25) is 0 Å². The zero-order valence-corrected chi connectivity index (χ0v) is 13.6. The van der Waals surface area contributed by atoms with Crippen molar-refractivity contribution >= 4 is 5.91 Å². The number of halogens is 3. The molecule has 1 aliphatic carbocycles. The highest BCUT2D eigenvalue weighted by Crippen LogP contribution is 2.37. The van der Waals surface area contributed by atoms with Crippen molar-refractivity contribution in [3.8, 4) is 0 Å². The number of alkyl halides is 3. The van der Waals surface area contributed by atoms with E-state index in [1.807, 2.05) is 13.2 Å². The van der Waals surface area contributed by atoms with E-state index in [1.165, 1.54) is 0 Å². The number of nitrogens with one attached hydrogen (secondary N) is 2. The molecule has 1 saturated carbocycles. The highest BCUT2D eigenvalue weighted by atomic mass is 19.4. The Morgan fingerprint density at radius 3 is 2.58 bits per heavy atom. The van der Waals surface area contributed by atoms with Gasteiger partial charge in [-0.15, -0.1) is 0 Å². The summed E-state index contributed by atoms with van der Waals surface area (Å²) >= 11 is 0. The number of carbonyl (C=O) groups is 1. The van der Waals surface area contributed by atoms with E-state index in [9.17, 15) is 18.0 Å². The van der Waals surface area contributed by atoms with Gasteiger partial charge in [0.05, 0.1) is 18.0 Å². The van der Waals surface area contributed by atoms with Gasteiger partial charge in [-0.05, 0) is 31.2 Å². The molecule has 0 spiro atoms. The van der Waals surface area contributed by atoms with Crippen LogP contribution in [0, 0.1) is 11.8 Å². The van der Waals surface area contributed by atoms with Gasteiger partial charge in [-0.1, -0.05) is 0 Å². The van der Waals surface area contributed by atoms with Crippen LogP contribution in [0.4, 0.5) is 13.2 Å². The van der Waals surface area contributed by atoms with E-state index in [2.05, 4.69) is 15.7 Å². The van der Waals surface area contributed by atoms with Crippen LogP contribution >= 0.6 is 0 Å². The lowest BCUT2D eigenvalue weighted by Gasteiger charge is -2.31. The number of carbonyl (C=O) groups excluding carboxylic acids is 1. The molecule has 24 heavy (non-hydrogen) atoms. The molecule has 0 bridgehead atoms. The average molecular weight is 344 g/mol. The molecule has 1 aromatic heterocycles. The first-order valence-electron chi connectivity index (χ1n) is 8.41. The molecule has 0 unspecified atom stereocenters. The van der Waals surface area contributed by atoms with Crippen LogP contribution < -0.4 is 10.6 Å². The minimum Gasteiger partial charge on any atom is -0.353 e. The lowest BCUT2D eigenvalue weighted by atomic mass is 9.84. The van der Waals surface area contributed by atoms with E-state index in [0.717, 1.165) is 5.56 Å². The summed E-state index contributed by atoms with van der Waals surface area (Å²) < 4.78 is 39.9. The normalized spacial score (nSPS) is 31.2. The van der Waals surface area contributed by atoms with Crippen molar-refractivity contribution in [3.63, 3.8) is 0 Å². The third-order valence-electron chi connectivity index (χ3n) is 5.24. The molecule has 3 rings (SSSR count). The lowest BCUT2D eigenvalue weighted by Crippen LogP contribution is -2.43. The second-order valence-corrected chi connectivity index (χ2v) is 6.92. The van der Waals surface area contributed by atoms with Crippen LogP contribution in [0.25, 0.3) is 0 Å². The van der Waals surface area contributed by atoms with Crippen molar-refractivity contribution in [2.24, 2.45) is 18.9 Å². The Kier molecular flexibility index (Phi) is 4.85. The Balaban J connectivity index is 1.55. The third kappa shape index (κ3) is 3.74. The molecule has 8 heteroatoms. The number of amides is 1. The van der Waals surface area contributed by atoms with Crippen LogP contribution in [0.3, 0.4) is 0 Å². The molecule has 2 aliphatic rings. The van der Waals surface area contributed by atoms with Gasteiger partial charge < -0.3 is 10.6 Å². The average Bonchev–Trinajstić information content (AvgIpc) is 3.15. The summed E-state index contributed by atoms with van der Waals surface area (Å²) in [6.45, 7) is 1.30. The van der Waals surface area contributed by atoms with E-state index in [1.54, 1.807) is 10.9 Å². The van der Waals surface area contributed by atoms with Gasteiger partial charge in [0.2, 0.25) is 5.91 Å². The van der Waals surface area contributed by atoms with Crippen molar-refractivity contribution < 1.29 is 18.0 Å². The maximum atomic E-state index is 12.7. The predicted molar refractivity (Wildman–Crippen MR) is 82.3 cm³/mol. The lowest BCUT2D eigenvalue weighted by molar-refractivity contribution is -0.182. The van der Waals surface area contributed by atoms with Crippen molar-refractivity contribution in [3.05, 3.63) is 18.0 Å². The molecular weight excluding hydrogens is 321 g/mol. The minimum absolute atomic E-state index is 0.0604. The molecule has 134 valence electrons. The van der Waals surface area contributed by atoms with Gasteiger partial charge in [0, 0.05) is 38.3 Å². The van der Waals surface area contributed by atoms with Crippen molar-refractivity contribution in [2.75, 3.05) is 13.1 Å². The number of hydrogen-bond donors (Lipinski definition) is 2. The van der Waals surface area contributed by atoms with E-state index in [0.29, 0.717) is 25.9 Å². The quantitative estimate of drug-likeness (QED) is 0.881. The molecule has 1 aliphatic heterocycles. The van der Waals surface area contributed by atoms with Crippen molar-refractivity contribution in [2.45, 2.75) is 43.8 Å². The van der Waals surface area contributed by atoms with E-state index < -0.39 is 12.1 Å². The van der Waals surface area contributed by atoms with Gasteiger partial charge in [0.1, 0.15) is 0 Å². The highest BCUT2D eigenvalue weighted by molar-refractivity contribution is 5.80. The van der Waals surface area contributed by atoms with Crippen LogP contribution in [0.15, 0.2) is 12.4 Å². The van der Waals surface area contributed by atoms with Gasteiger partial charge in [-0.3, -0.25) is 9.48 Å². The summed E-state index contributed by atoms with van der Waals surface area (Å²) in [5.41, 5.74) is 1.02. The van der Waals surface area contributed by atoms with Crippen LogP contribution in [0.5, 0.6) is 0 Å². The molecule has 2 N–H and O–H groups in total. The molecule has 2 heterocycles. The summed E-state index contributed by atoms with van der Waals surface area (Å²) in [6.07, 6.45) is 0.558. The summed E-state index contributed by atoms with van der Waals surface area (Å²) in [6, 6.07) is -0.147. The second kappa shape index (κ2) is 6.74. The van der Waals surface area contributed by atoms with Gasteiger partial charge in [0.15, 0.2) is 0 Å². The summed E-state index contributed by atoms with van der Waals surface area (Å²) in [5, 5.41) is 10.3. The zero-order chi connectivity index (χ0) is 17.3. The largest absolute Gasteiger partial charge is 0.391 e. The van der Waals surface area contributed by atoms with Gasteiger partial charge in [0.25, 0.3) is 0 Å². The fourth-order valence-electron chi connectivity index (χ4n) is 3.81. The highest BCUT2D eigenvalue weighted by Gasteiger charge is 2.42. The number of nitrogens with zero attached hydrogens (tertiary/aromatic N) is 2. The minimum atomic E-state index is -4.12. The fraction of sp³-hybridized carbons (Fsp3) is 0.750.